The Hall–Kier alpha value is -2.92. The molecule has 1 fully saturated rings. The van der Waals surface area contributed by atoms with Gasteiger partial charge in [-0.1, -0.05) is 18.8 Å². The molecule has 3 rings (SSSR count). The second kappa shape index (κ2) is 7.32. The van der Waals surface area contributed by atoms with Gasteiger partial charge < -0.3 is 13.9 Å². The van der Waals surface area contributed by atoms with Crippen molar-refractivity contribution in [1.29, 1.82) is 5.26 Å². The number of aryl methyl sites for hydroxylation is 1. The van der Waals surface area contributed by atoms with Crippen LogP contribution in [0.2, 0.25) is 0 Å². The van der Waals surface area contributed by atoms with E-state index in [0.29, 0.717) is 17.1 Å². The summed E-state index contributed by atoms with van der Waals surface area (Å²) in [5, 5.41) is 9.43. The van der Waals surface area contributed by atoms with Crippen molar-refractivity contribution in [3.05, 3.63) is 33.7 Å². The van der Waals surface area contributed by atoms with Crippen LogP contribution in [0.15, 0.2) is 21.3 Å². The van der Waals surface area contributed by atoms with E-state index in [9.17, 15) is 4.79 Å². The predicted octanol–water partition coefficient (Wildman–Crippen LogP) is 3.67. The average Bonchev–Trinajstić information content (AvgIpc) is 3.11. The molecule has 1 heterocycles. The van der Waals surface area contributed by atoms with Crippen molar-refractivity contribution >= 4 is 11.0 Å². The standard InChI is InChI=1S/C20H19NO4/c1-3-9-24-16-11-15(23-10-8-21)12-17-19(16)13(2)18(20(22)25-17)14-6-4-5-7-14/h1,11-12,14H,4-7,9-10H2,2H3. The number of hydrogen-bond donors (Lipinski definition) is 0. The highest BCUT2D eigenvalue weighted by atomic mass is 16.5. The molecule has 5 nitrogen and oxygen atoms in total. The third kappa shape index (κ3) is 3.32. The number of nitriles is 1. The molecule has 0 saturated heterocycles. The molecule has 0 radical (unpaired) electrons. The summed E-state index contributed by atoms with van der Waals surface area (Å²) in [6.45, 7) is 1.91. The molecule has 0 atom stereocenters. The second-order valence-electron chi connectivity index (χ2n) is 6.14. The van der Waals surface area contributed by atoms with Crippen LogP contribution in [0.1, 0.15) is 42.7 Å². The van der Waals surface area contributed by atoms with Crippen LogP contribution >= 0.6 is 0 Å². The third-order valence-corrected chi connectivity index (χ3v) is 4.62. The van der Waals surface area contributed by atoms with E-state index in [1.807, 2.05) is 13.0 Å². The molecular weight excluding hydrogens is 318 g/mol. The van der Waals surface area contributed by atoms with Crippen LogP contribution in [0, 0.1) is 30.6 Å². The summed E-state index contributed by atoms with van der Waals surface area (Å²) in [5.74, 6) is 3.57. The summed E-state index contributed by atoms with van der Waals surface area (Å²) in [6.07, 6.45) is 9.57. The topological polar surface area (TPSA) is 72.5 Å². The molecule has 1 aliphatic rings. The van der Waals surface area contributed by atoms with Crippen LogP contribution in [-0.2, 0) is 0 Å². The summed E-state index contributed by atoms with van der Waals surface area (Å²) in [5.41, 5.74) is 1.68. The molecule has 25 heavy (non-hydrogen) atoms. The molecule has 128 valence electrons. The molecular formula is C20H19NO4. The first kappa shape index (κ1) is 16.9. The lowest BCUT2D eigenvalue weighted by atomic mass is 9.93. The zero-order valence-corrected chi connectivity index (χ0v) is 14.1. The van der Waals surface area contributed by atoms with E-state index >= 15 is 0 Å². The van der Waals surface area contributed by atoms with E-state index in [1.54, 1.807) is 12.1 Å². The number of ether oxygens (including phenoxy) is 2. The van der Waals surface area contributed by atoms with Crippen molar-refractivity contribution in [3.8, 4) is 29.9 Å². The maximum absolute atomic E-state index is 12.6. The number of terminal acetylenes is 1. The van der Waals surface area contributed by atoms with E-state index in [1.165, 1.54) is 0 Å². The second-order valence-corrected chi connectivity index (χ2v) is 6.14. The minimum Gasteiger partial charge on any atom is -0.480 e. The molecule has 0 N–H and O–H groups in total. The number of rotatable bonds is 5. The van der Waals surface area contributed by atoms with E-state index in [0.717, 1.165) is 42.2 Å². The number of hydrogen-bond acceptors (Lipinski definition) is 5. The van der Waals surface area contributed by atoms with Gasteiger partial charge in [0.2, 0.25) is 0 Å². The number of fused-ring (bicyclic) bond motifs is 1. The minimum atomic E-state index is -0.308. The molecule has 1 aliphatic carbocycles. The van der Waals surface area contributed by atoms with Gasteiger partial charge in [-0.2, -0.15) is 5.26 Å². The summed E-state index contributed by atoms with van der Waals surface area (Å²) in [7, 11) is 0. The van der Waals surface area contributed by atoms with Gasteiger partial charge in [-0.05, 0) is 31.2 Å². The highest BCUT2D eigenvalue weighted by molar-refractivity contribution is 5.89. The molecule has 2 aromatic rings. The average molecular weight is 337 g/mol. The molecule has 1 aromatic heterocycles. The maximum Gasteiger partial charge on any atom is 0.340 e. The van der Waals surface area contributed by atoms with Gasteiger partial charge in [0, 0.05) is 17.7 Å². The van der Waals surface area contributed by atoms with Crippen molar-refractivity contribution in [2.45, 2.75) is 38.5 Å². The molecule has 0 bridgehead atoms. The van der Waals surface area contributed by atoms with Crippen LogP contribution < -0.4 is 15.1 Å². The lowest BCUT2D eigenvalue weighted by molar-refractivity contribution is 0.352. The van der Waals surface area contributed by atoms with E-state index in [-0.39, 0.29) is 24.8 Å². The van der Waals surface area contributed by atoms with Crippen LogP contribution in [0.5, 0.6) is 11.5 Å². The van der Waals surface area contributed by atoms with E-state index < -0.39 is 0 Å². The Morgan fingerprint density at radius 2 is 2.04 bits per heavy atom. The van der Waals surface area contributed by atoms with Crippen LogP contribution in [0.3, 0.4) is 0 Å². The summed E-state index contributed by atoms with van der Waals surface area (Å²) in [6, 6.07) is 5.20. The molecule has 0 spiro atoms. The summed E-state index contributed by atoms with van der Waals surface area (Å²) < 4.78 is 16.6. The first-order chi connectivity index (χ1) is 12.2. The highest BCUT2D eigenvalue weighted by Crippen LogP contribution is 2.39. The Bertz CT molecular complexity index is 924. The fourth-order valence-corrected chi connectivity index (χ4v) is 3.58. The van der Waals surface area contributed by atoms with Gasteiger partial charge in [0.15, 0.2) is 6.61 Å². The van der Waals surface area contributed by atoms with Crippen molar-refractivity contribution in [2.75, 3.05) is 13.2 Å². The van der Waals surface area contributed by atoms with Crippen molar-refractivity contribution in [1.82, 2.24) is 0 Å². The molecule has 1 saturated carbocycles. The van der Waals surface area contributed by atoms with Gasteiger partial charge in [0.05, 0.1) is 5.39 Å². The Balaban J connectivity index is 2.19. The van der Waals surface area contributed by atoms with Crippen molar-refractivity contribution in [2.24, 2.45) is 0 Å². The fourth-order valence-electron chi connectivity index (χ4n) is 3.58. The molecule has 0 unspecified atom stereocenters. The van der Waals surface area contributed by atoms with Gasteiger partial charge in [-0.3, -0.25) is 0 Å². The van der Waals surface area contributed by atoms with Crippen molar-refractivity contribution in [3.63, 3.8) is 0 Å². The Morgan fingerprint density at radius 1 is 1.28 bits per heavy atom. The molecule has 1 aromatic carbocycles. The quantitative estimate of drug-likeness (QED) is 0.615. The molecule has 0 aliphatic heterocycles. The first-order valence-corrected chi connectivity index (χ1v) is 8.33. The smallest absolute Gasteiger partial charge is 0.340 e. The van der Waals surface area contributed by atoms with Crippen molar-refractivity contribution < 1.29 is 13.9 Å². The zero-order valence-electron chi connectivity index (χ0n) is 14.1. The lowest BCUT2D eigenvalue weighted by Gasteiger charge is -2.16. The monoisotopic (exact) mass is 337 g/mol. The van der Waals surface area contributed by atoms with E-state index in [4.69, 9.17) is 25.6 Å². The fraction of sp³-hybridized carbons (Fsp3) is 0.400. The number of nitrogens with zero attached hydrogens (tertiary/aromatic N) is 1. The Labute approximate surface area is 146 Å². The third-order valence-electron chi connectivity index (χ3n) is 4.62. The largest absolute Gasteiger partial charge is 0.480 e. The normalized spacial score (nSPS) is 14.2. The lowest BCUT2D eigenvalue weighted by Crippen LogP contribution is -2.14. The van der Waals surface area contributed by atoms with Gasteiger partial charge in [0.25, 0.3) is 0 Å². The van der Waals surface area contributed by atoms with Gasteiger partial charge in [0.1, 0.15) is 29.8 Å². The Morgan fingerprint density at radius 3 is 2.72 bits per heavy atom. The summed E-state index contributed by atoms with van der Waals surface area (Å²) in [4.78, 5) is 12.6. The van der Waals surface area contributed by atoms with Crippen LogP contribution in [-0.4, -0.2) is 13.2 Å². The van der Waals surface area contributed by atoms with Gasteiger partial charge in [-0.25, -0.2) is 4.79 Å². The SMILES string of the molecule is C#CCOc1cc(OCC#N)cc2oc(=O)c(C3CCCC3)c(C)c12. The molecule has 0 amide bonds. The van der Waals surface area contributed by atoms with E-state index in [2.05, 4.69) is 5.92 Å². The number of benzene rings is 1. The zero-order chi connectivity index (χ0) is 17.8. The van der Waals surface area contributed by atoms with Crippen LogP contribution in [0.25, 0.3) is 11.0 Å². The van der Waals surface area contributed by atoms with Gasteiger partial charge in [-0.15, -0.1) is 6.42 Å². The first-order valence-electron chi connectivity index (χ1n) is 8.33. The Kier molecular flexibility index (Phi) is 4.95. The minimum absolute atomic E-state index is 0.0914. The van der Waals surface area contributed by atoms with Gasteiger partial charge >= 0.3 is 5.63 Å². The van der Waals surface area contributed by atoms with Crippen LogP contribution in [0.4, 0.5) is 0 Å². The molecule has 5 heteroatoms. The highest BCUT2D eigenvalue weighted by Gasteiger charge is 2.25. The maximum atomic E-state index is 12.6. The summed E-state index contributed by atoms with van der Waals surface area (Å²) >= 11 is 0. The predicted molar refractivity (Wildman–Crippen MR) is 93.9 cm³/mol.